The molecule has 0 fully saturated rings. The van der Waals surface area contributed by atoms with Gasteiger partial charge in [-0.15, -0.1) is 24.8 Å². The van der Waals surface area contributed by atoms with E-state index < -0.39 is 0 Å². The van der Waals surface area contributed by atoms with Crippen LogP contribution >= 0.6 is 33.4 Å². The SMILES string of the molecule is C.C.Cl.Cl.NP=O. The van der Waals surface area contributed by atoms with Crippen molar-refractivity contribution in [3.8, 4) is 0 Å². The maximum atomic E-state index is 8.68. The molecule has 7 heavy (non-hydrogen) atoms. The Morgan fingerprint density at radius 3 is 1.14 bits per heavy atom. The Kier molecular flexibility index (Phi) is 542. The highest BCUT2D eigenvalue weighted by Crippen LogP contribution is 1.55. The second-order valence-electron chi connectivity index (χ2n) is 0.105. The minimum absolute atomic E-state index is 0. The van der Waals surface area contributed by atoms with Gasteiger partial charge in [0.15, 0.2) is 0 Å². The molecule has 0 rings (SSSR count). The van der Waals surface area contributed by atoms with Gasteiger partial charge in [0, 0.05) is 0 Å². The summed E-state index contributed by atoms with van der Waals surface area (Å²) in [5.41, 5.74) is 4.26. The molecule has 0 unspecified atom stereocenters. The standard InChI is InChI=1S/2CH4.2ClH.H2NOP/c;;;;1-3-2/h2*1H4;2*1H;(H2,1,2). The van der Waals surface area contributed by atoms with Crippen molar-refractivity contribution in [1.29, 1.82) is 0 Å². The van der Waals surface area contributed by atoms with Crippen LogP contribution in [0.5, 0.6) is 0 Å². The summed E-state index contributed by atoms with van der Waals surface area (Å²) in [6.07, 6.45) is 0. The molecule has 0 aromatic heterocycles. The van der Waals surface area contributed by atoms with Crippen LogP contribution in [-0.2, 0) is 4.57 Å². The third kappa shape index (κ3) is 349. The molecule has 0 aliphatic rings. The summed E-state index contributed by atoms with van der Waals surface area (Å²) in [6, 6.07) is 0. The Bertz CT molecular complexity index is 23.2. The molecule has 0 saturated heterocycles. The molecular weight excluding hydrogens is 156 g/mol. The van der Waals surface area contributed by atoms with Crippen LogP contribution < -0.4 is 5.50 Å². The van der Waals surface area contributed by atoms with Gasteiger partial charge in [-0.1, -0.05) is 14.9 Å². The highest BCUT2D eigenvalue weighted by Gasteiger charge is 1.25. The van der Waals surface area contributed by atoms with E-state index in [1.807, 2.05) is 0 Å². The third-order valence-corrected chi connectivity index (χ3v) is 0. The average molecular weight is 168 g/mol. The fraction of sp³-hybridized carbons (Fsp3) is 1.00. The third-order valence-electron chi connectivity index (χ3n) is 0. The van der Waals surface area contributed by atoms with Crippen LogP contribution in [0, 0.1) is 0 Å². The minimum atomic E-state index is -0.333. The van der Waals surface area contributed by atoms with Gasteiger partial charge < -0.3 is 0 Å². The Morgan fingerprint density at radius 2 is 1.14 bits per heavy atom. The van der Waals surface area contributed by atoms with Crippen molar-refractivity contribution in [2.45, 2.75) is 14.9 Å². The Morgan fingerprint density at radius 1 is 1.14 bits per heavy atom. The molecule has 0 aromatic carbocycles. The molecule has 50 valence electrons. The lowest BCUT2D eigenvalue weighted by atomic mass is 12.0. The summed E-state index contributed by atoms with van der Waals surface area (Å²) in [6.45, 7) is 0. The van der Waals surface area contributed by atoms with Gasteiger partial charge in [0.2, 0.25) is 8.61 Å². The smallest absolute Gasteiger partial charge is 0.242 e. The van der Waals surface area contributed by atoms with Gasteiger partial charge in [0.05, 0.1) is 0 Å². The number of halogens is 2. The first-order valence-corrected chi connectivity index (χ1v) is 1.32. The van der Waals surface area contributed by atoms with Gasteiger partial charge in [-0.3, -0.25) is 10.1 Å². The lowest BCUT2D eigenvalue weighted by Gasteiger charge is -1.25. The summed E-state index contributed by atoms with van der Waals surface area (Å²) in [5, 5.41) is 0. The quantitative estimate of drug-likeness (QED) is 0.563. The molecule has 0 spiro atoms. The molecule has 0 amide bonds. The van der Waals surface area contributed by atoms with Crippen LogP contribution in [-0.4, -0.2) is 0 Å². The molecule has 0 bridgehead atoms. The van der Waals surface area contributed by atoms with E-state index in [1.54, 1.807) is 0 Å². The van der Waals surface area contributed by atoms with Crippen molar-refractivity contribution in [2.24, 2.45) is 5.50 Å². The van der Waals surface area contributed by atoms with E-state index in [2.05, 4.69) is 5.50 Å². The molecule has 2 nitrogen and oxygen atoms in total. The molecular formula is C2H12Cl2NOP. The van der Waals surface area contributed by atoms with Crippen molar-refractivity contribution in [2.75, 3.05) is 0 Å². The van der Waals surface area contributed by atoms with Crippen LogP contribution in [0.3, 0.4) is 0 Å². The van der Waals surface area contributed by atoms with Gasteiger partial charge in [-0.2, -0.15) is 0 Å². The summed E-state index contributed by atoms with van der Waals surface area (Å²) in [5.74, 6) is 0. The summed E-state index contributed by atoms with van der Waals surface area (Å²) >= 11 is 0. The topological polar surface area (TPSA) is 43.1 Å². The van der Waals surface area contributed by atoms with E-state index in [0.29, 0.717) is 0 Å². The summed E-state index contributed by atoms with van der Waals surface area (Å²) < 4.78 is 8.68. The average Bonchev–Trinajstić information content (AvgIpc) is 0.918. The zero-order valence-corrected chi connectivity index (χ0v) is 4.78. The molecule has 0 saturated carbocycles. The maximum absolute atomic E-state index is 8.68. The highest BCUT2D eigenvalue weighted by molar-refractivity contribution is 7.20. The van der Waals surface area contributed by atoms with E-state index >= 15 is 0 Å². The largest absolute Gasteiger partial charge is 0.256 e. The molecule has 2 N–H and O–H groups in total. The molecule has 0 atom stereocenters. The summed E-state index contributed by atoms with van der Waals surface area (Å²) in [7, 11) is -0.333. The first kappa shape index (κ1) is 48.3. The van der Waals surface area contributed by atoms with E-state index in [-0.39, 0.29) is 48.3 Å². The molecule has 5 heteroatoms. The van der Waals surface area contributed by atoms with Crippen molar-refractivity contribution in [3.63, 3.8) is 0 Å². The lowest BCUT2D eigenvalue weighted by molar-refractivity contribution is 0.599. The number of hydrogen-bond donors (Lipinski definition) is 1. The van der Waals surface area contributed by atoms with Crippen molar-refractivity contribution < 1.29 is 4.57 Å². The van der Waals surface area contributed by atoms with Gasteiger partial charge >= 0.3 is 0 Å². The van der Waals surface area contributed by atoms with Crippen LogP contribution in [0.2, 0.25) is 0 Å². The lowest BCUT2D eigenvalue weighted by Crippen LogP contribution is -1.51. The second-order valence-corrected chi connectivity index (χ2v) is 0.316. The Balaban J connectivity index is -0.00000000333. The molecule has 0 heterocycles. The fourth-order valence-electron chi connectivity index (χ4n) is 0. The fourth-order valence-corrected chi connectivity index (χ4v) is 0. The van der Waals surface area contributed by atoms with E-state index in [9.17, 15) is 0 Å². The predicted octanol–water partition coefficient (Wildman–Crippen LogP) is 2.27. The van der Waals surface area contributed by atoms with Crippen LogP contribution in [0.1, 0.15) is 14.9 Å². The predicted molar refractivity (Wildman–Crippen MR) is 39.8 cm³/mol. The molecule has 0 aromatic rings. The second kappa shape index (κ2) is 78.5. The van der Waals surface area contributed by atoms with Gasteiger partial charge in [-0.25, -0.2) is 0 Å². The highest BCUT2D eigenvalue weighted by atomic mass is 35.5. The van der Waals surface area contributed by atoms with Crippen LogP contribution in [0.25, 0.3) is 0 Å². The first-order valence-electron chi connectivity index (χ1n) is 0.441. The van der Waals surface area contributed by atoms with Crippen molar-refractivity contribution in [3.05, 3.63) is 0 Å². The summed E-state index contributed by atoms with van der Waals surface area (Å²) in [4.78, 5) is 0. The van der Waals surface area contributed by atoms with Gasteiger partial charge in [0.1, 0.15) is 0 Å². The number of nitrogens with two attached hydrogens (primary N) is 1. The van der Waals surface area contributed by atoms with Crippen LogP contribution in [0.4, 0.5) is 0 Å². The van der Waals surface area contributed by atoms with Crippen LogP contribution in [0.15, 0.2) is 0 Å². The van der Waals surface area contributed by atoms with E-state index in [0.717, 1.165) is 0 Å². The number of hydrogen-bond acceptors (Lipinski definition) is 1. The molecule has 0 aliphatic heterocycles. The Hall–Kier alpha value is 0.640. The van der Waals surface area contributed by atoms with Gasteiger partial charge in [-0.05, 0) is 0 Å². The normalized spacial score (nSPS) is 3.00. The van der Waals surface area contributed by atoms with Crippen molar-refractivity contribution >= 4 is 33.4 Å². The maximum Gasteiger partial charge on any atom is 0.242 e. The van der Waals surface area contributed by atoms with Crippen molar-refractivity contribution in [1.82, 2.24) is 0 Å². The zero-order valence-electron chi connectivity index (χ0n) is 2.25. The first-order chi connectivity index (χ1) is 1.41. The zero-order chi connectivity index (χ0) is 2.71. The Labute approximate surface area is 58.9 Å². The minimum Gasteiger partial charge on any atom is -0.256 e. The molecule has 0 radical (unpaired) electrons. The van der Waals surface area contributed by atoms with Gasteiger partial charge in [0.25, 0.3) is 0 Å². The monoisotopic (exact) mass is 167 g/mol. The number of rotatable bonds is 0. The molecule has 0 aliphatic carbocycles. The van der Waals surface area contributed by atoms with E-state index in [1.165, 1.54) is 0 Å². The van der Waals surface area contributed by atoms with E-state index in [4.69, 9.17) is 4.57 Å².